The van der Waals surface area contributed by atoms with Crippen molar-refractivity contribution in [3.8, 4) is 11.5 Å². The molecule has 6 nitrogen and oxygen atoms in total. The molecule has 1 aromatic carbocycles. The predicted molar refractivity (Wildman–Crippen MR) is 48.9 cm³/mol. The lowest BCUT2D eigenvalue weighted by molar-refractivity contribution is -0.148. The van der Waals surface area contributed by atoms with E-state index in [0.717, 1.165) is 6.07 Å². The minimum Gasteiger partial charge on any atom is -0.497 e. The molecule has 0 aliphatic carbocycles. The van der Waals surface area contributed by atoms with Crippen LogP contribution in [0.25, 0.3) is 0 Å². The molecule has 1 aromatic rings. The molecule has 1 unspecified atom stereocenters. The number of fused-ring (bicyclic) bond motifs is 1. The van der Waals surface area contributed by atoms with Gasteiger partial charge in [-0.3, -0.25) is 10.0 Å². The second-order valence-corrected chi connectivity index (χ2v) is 2.85. The third-order valence-electron chi connectivity index (χ3n) is 1.94. The number of hydroxylamine groups is 1. The van der Waals surface area contributed by atoms with Gasteiger partial charge in [0.05, 0.1) is 11.2 Å². The Morgan fingerprint density at radius 1 is 1.67 bits per heavy atom. The number of methoxy groups -OCH3 is 1. The van der Waals surface area contributed by atoms with E-state index >= 15 is 0 Å². The van der Waals surface area contributed by atoms with Gasteiger partial charge < -0.3 is 14.6 Å². The summed E-state index contributed by atoms with van der Waals surface area (Å²) in [6.45, 7) is 0. The highest BCUT2D eigenvalue weighted by molar-refractivity contribution is 5.96. The number of hydrogen-bond donors (Lipinski definition) is 2. The highest BCUT2D eigenvalue weighted by Gasteiger charge is 2.32. The Morgan fingerprint density at radius 2 is 2.47 bits per heavy atom. The van der Waals surface area contributed by atoms with Crippen LogP contribution in [-0.2, 0) is 4.79 Å². The number of carbonyl (C=O) groups excluding carboxylic acids is 1. The van der Waals surface area contributed by atoms with Gasteiger partial charge in [-0.05, 0) is 12.1 Å². The summed E-state index contributed by atoms with van der Waals surface area (Å²) >= 11 is 0. The molecule has 1 aliphatic heterocycles. The maximum Gasteiger partial charge on any atom is 0.320 e. The summed E-state index contributed by atoms with van der Waals surface area (Å²) in [7, 11) is -2.63. The van der Waals surface area contributed by atoms with Crippen molar-refractivity contribution in [2.45, 2.75) is 6.29 Å². The molecule has 0 saturated carbocycles. The van der Waals surface area contributed by atoms with Crippen LogP contribution in [0.2, 0.25) is 0 Å². The number of carbonyl (C=O) groups is 1. The Morgan fingerprint density at radius 3 is 3.20 bits per heavy atom. The molecule has 0 aromatic heterocycles. The van der Waals surface area contributed by atoms with E-state index in [1.54, 1.807) is 0 Å². The van der Waals surface area contributed by atoms with Gasteiger partial charge in [0, 0.05) is 6.07 Å². The van der Waals surface area contributed by atoms with Crippen LogP contribution in [0.15, 0.2) is 18.2 Å². The zero-order valence-electron chi connectivity index (χ0n) is 10.4. The van der Waals surface area contributed by atoms with Crippen molar-refractivity contribution in [2.24, 2.45) is 0 Å². The van der Waals surface area contributed by atoms with E-state index in [0.29, 0.717) is 0 Å². The van der Waals surface area contributed by atoms with E-state index in [4.69, 9.17) is 8.85 Å². The summed E-state index contributed by atoms with van der Waals surface area (Å²) in [5.74, 6) is -1.14. The van der Waals surface area contributed by atoms with E-state index in [1.165, 1.54) is 12.1 Å². The molecule has 0 bridgehead atoms. The summed E-state index contributed by atoms with van der Waals surface area (Å²) in [5.41, 5.74) is -0.0109. The Balaban J connectivity index is 2.33. The van der Waals surface area contributed by atoms with Crippen molar-refractivity contribution >= 4 is 11.6 Å². The number of rotatable bonds is 1. The lowest BCUT2D eigenvalue weighted by Crippen LogP contribution is -2.43. The first-order valence-electron chi connectivity index (χ1n) is 5.48. The summed E-state index contributed by atoms with van der Waals surface area (Å²) in [6, 6.07) is 3.64. The maximum atomic E-state index is 11.2. The van der Waals surface area contributed by atoms with Gasteiger partial charge in [0.2, 0.25) is 0 Å². The third-order valence-corrected chi connectivity index (χ3v) is 1.94. The largest absolute Gasteiger partial charge is 0.497 e. The number of aliphatic hydroxyl groups is 1. The van der Waals surface area contributed by atoms with Gasteiger partial charge in [0.15, 0.2) is 5.75 Å². The van der Waals surface area contributed by atoms with Crippen LogP contribution in [0, 0.1) is 0 Å². The zero-order valence-corrected chi connectivity index (χ0v) is 7.38. The van der Waals surface area contributed by atoms with Crippen LogP contribution in [0.5, 0.6) is 11.5 Å². The van der Waals surface area contributed by atoms with Gasteiger partial charge in [-0.2, -0.15) is 5.06 Å². The van der Waals surface area contributed by atoms with Gasteiger partial charge >= 0.3 is 5.91 Å². The summed E-state index contributed by atoms with van der Waals surface area (Å²) in [5, 5.41) is 18.8. The fourth-order valence-electron chi connectivity index (χ4n) is 1.22. The lowest BCUT2D eigenvalue weighted by atomic mass is 10.2. The van der Waals surface area contributed by atoms with Crippen molar-refractivity contribution in [2.75, 3.05) is 12.1 Å². The Bertz CT molecular complexity index is 490. The van der Waals surface area contributed by atoms with Crippen LogP contribution >= 0.6 is 0 Å². The predicted octanol–water partition coefficient (Wildman–Crippen LogP) is 0.128. The quantitative estimate of drug-likeness (QED) is 0.649. The second kappa shape index (κ2) is 3.41. The van der Waals surface area contributed by atoms with E-state index in [2.05, 4.69) is 4.74 Å². The smallest absolute Gasteiger partial charge is 0.320 e. The van der Waals surface area contributed by atoms with Gasteiger partial charge in [0.25, 0.3) is 6.29 Å². The summed E-state index contributed by atoms with van der Waals surface area (Å²) in [4.78, 5) is 11.2. The van der Waals surface area contributed by atoms with Gasteiger partial charge in [-0.1, -0.05) is 0 Å². The van der Waals surface area contributed by atoms with Gasteiger partial charge in [-0.15, -0.1) is 0 Å². The molecule has 0 fully saturated rings. The highest BCUT2D eigenvalue weighted by atomic mass is 16.6. The van der Waals surface area contributed by atoms with E-state index < -0.39 is 19.2 Å². The number of aliphatic hydroxyl groups excluding tert-OH is 1. The van der Waals surface area contributed by atoms with Crippen molar-refractivity contribution < 1.29 is 28.7 Å². The number of nitrogens with zero attached hydrogens (tertiary/aromatic N) is 1. The molecule has 80 valence electrons. The molecular weight excluding hydrogens is 202 g/mol. The maximum absolute atomic E-state index is 11.2. The van der Waals surface area contributed by atoms with Crippen molar-refractivity contribution in [3.05, 3.63) is 18.2 Å². The average Bonchev–Trinajstić information content (AvgIpc) is 2.23. The number of amides is 1. The Hall–Kier alpha value is -1.79. The molecule has 1 heterocycles. The van der Waals surface area contributed by atoms with Crippen LogP contribution in [0.4, 0.5) is 5.69 Å². The molecule has 1 atom stereocenters. The minimum absolute atomic E-state index is 0.0109. The first kappa shape index (κ1) is 6.65. The van der Waals surface area contributed by atoms with Crippen molar-refractivity contribution in [1.29, 1.82) is 0 Å². The van der Waals surface area contributed by atoms with Crippen LogP contribution in [0.1, 0.15) is 4.11 Å². The standard InChI is InChI=1S/C9H9NO5/c1-14-5-2-3-6-7(4-5)15-9(12)8(11)10(6)13/h2-4,9,12-13H,1H3/i1D3. The van der Waals surface area contributed by atoms with Crippen LogP contribution < -0.4 is 14.5 Å². The highest BCUT2D eigenvalue weighted by Crippen LogP contribution is 2.35. The van der Waals surface area contributed by atoms with Crippen molar-refractivity contribution in [3.63, 3.8) is 0 Å². The fraction of sp³-hybridized carbons (Fsp3) is 0.222. The number of anilines is 1. The van der Waals surface area contributed by atoms with Crippen LogP contribution in [-0.4, -0.2) is 29.5 Å². The summed E-state index contributed by atoms with van der Waals surface area (Å²) in [6.07, 6.45) is -1.84. The molecule has 2 rings (SSSR count). The zero-order chi connectivity index (χ0) is 13.5. The number of hydrogen-bond acceptors (Lipinski definition) is 5. The van der Waals surface area contributed by atoms with E-state index in [9.17, 15) is 15.1 Å². The van der Waals surface area contributed by atoms with E-state index in [-0.39, 0.29) is 22.2 Å². The number of benzene rings is 1. The molecule has 6 heteroatoms. The second-order valence-electron chi connectivity index (χ2n) is 2.85. The molecule has 15 heavy (non-hydrogen) atoms. The normalized spacial score (nSPS) is 23.3. The van der Waals surface area contributed by atoms with Crippen molar-refractivity contribution in [1.82, 2.24) is 0 Å². The van der Waals surface area contributed by atoms with E-state index in [1.807, 2.05) is 0 Å². The minimum atomic E-state index is -2.63. The molecule has 1 amide bonds. The Kier molecular flexibility index (Phi) is 1.51. The topological polar surface area (TPSA) is 79.2 Å². The molecule has 0 radical (unpaired) electrons. The molecule has 1 aliphatic rings. The Labute approximate surface area is 89.4 Å². The average molecular weight is 214 g/mol. The fourth-order valence-corrected chi connectivity index (χ4v) is 1.22. The molecule has 0 spiro atoms. The first-order chi connectivity index (χ1) is 8.28. The summed E-state index contributed by atoms with van der Waals surface area (Å²) < 4.78 is 30.2. The molecular formula is C9H9NO5. The SMILES string of the molecule is [2H]C([2H])([2H])Oc1ccc2c(c1)OC(O)C(=O)N2O. The van der Waals surface area contributed by atoms with Gasteiger partial charge in [0.1, 0.15) is 11.4 Å². The van der Waals surface area contributed by atoms with Crippen LogP contribution in [0.3, 0.4) is 0 Å². The molecule has 0 saturated heterocycles. The molecule has 2 N–H and O–H groups in total. The first-order valence-corrected chi connectivity index (χ1v) is 3.98. The lowest BCUT2D eigenvalue weighted by Gasteiger charge is -2.27. The monoisotopic (exact) mass is 214 g/mol. The third kappa shape index (κ3) is 1.49. The number of ether oxygens (including phenoxy) is 2. The van der Waals surface area contributed by atoms with Gasteiger partial charge in [-0.25, -0.2) is 0 Å².